The highest BCUT2D eigenvalue weighted by molar-refractivity contribution is 5.98. The van der Waals surface area contributed by atoms with Crippen molar-refractivity contribution in [1.82, 2.24) is 15.6 Å². The molecule has 2 aromatic heterocycles. The molecule has 0 unspecified atom stereocenters. The van der Waals surface area contributed by atoms with Gasteiger partial charge in [0.15, 0.2) is 0 Å². The standard InChI is InChI=1S/C17H15N3O4/c21-15(19-8-11-4-3-7-24-11)10-20-17(23)13-9-18-14-6-2-1-5-12(14)16(13)22/h1-7,9H,8,10H2,(H,18,22)(H,19,21)(H,20,23). The van der Waals surface area contributed by atoms with Gasteiger partial charge in [0.2, 0.25) is 11.3 Å². The lowest BCUT2D eigenvalue weighted by Crippen LogP contribution is -2.38. The van der Waals surface area contributed by atoms with Gasteiger partial charge in [0.1, 0.15) is 11.3 Å². The molecule has 0 aliphatic heterocycles. The fourth-order valence-electron chi connectivity index (χ4n) is 2.25. The Kier molecular flexibility index (Phi) is 4.42. The van der Waals surface area contributed by atoms with Crippen LogP contribution in [0.3, 0.4) is 0 Å². The summed E-state index contributed by atoms with van der Waals surface area (Å²) in [5.41, 5.74) is 0.237. The first-order chi connectivity index (χ1) is 11.6. The molecule has 3 rings (SSSR count). The molecule has 0 spiro atoms. The van der Waals surface area contributed by atoms with E-state index in [1.165, 1.54) is 12.5 Å². The number of H-pyrrole nitrogens is 1. The predicted molar refractivity (Wildman–Crippen MR) is 87.5 cm³/mol. The third-order valence-electron chi connectivity index (χ3n) is 3.48. The number of amides is 2. The quantitative estimate of drug-likeness (QED) is 0.655. The molecule has 3 N–H and O–H groups in total. The first kappa shape index (κ1) is 15.5. The van der Waals surface area contributed by atoms with E-state index in [2.05, 4.69) is 15.6 Å². The van der Waals surface area contributed by atoms with Crippen molar-refractivity contribution in [2.75, 3.05) is 6.54 Å². The normalized spacial score (nSPS) is 10.5. The topological polar surface area (TPSA) is 104 Å². The molecular weight excluding hydrogens is 310 g/mol. The Hall–Kier alpha value is -3.35. The Morgan fingerprint density at radius 3 is 2.71 bits per heavy atom. The second kappa shape index (κ2) is 6.82. The van der Waals surface area contributed by atoms with E-state index in [0.717, 1.165) is 0 Å². The number of hydrogen-bond donors (Lipinski definition) is 3. The van der Waals surface area contributed by atoms with Gasteiger partial charge >= 0.3 is 0 Å². The van der Waals surface area contributed by atoms with E-state index < -0.39 is 5.91 Å². The van der Waals surface area contributed by atoms with E-state index in [4.69, 9.17) is 4.42 Å². The van der Waals surface area contributed by atoms with Crippen molar-refractivity contribution >= 4 is 22.7 Å². The Morgan fingerprint density at radius 2 is 1.92 bits per heavy atom. The monoisotopic (exact) mass is 325 g/mol. The smallest absolute Gasteiger partial charge is 0.257 e. The van der Waals surface area contributed by atoms with Gasteiger partial charge in [-0.2, -0.15) is 0 Å². The third-order valence-corrected chi connectivity index (χ3v) is 3.48. The third kappa shape index (κ3) is 3.35. The van der Waals surface area contributed by atoms with Crippen LogP contribution in [0.25, 0.3) is 10.9 Å². The van der Waals surface area contributed by atoms with Gasteiger partial charge in [0.05, 0.1) is 19.4 Å². The fourth-order valence-corrected chi connectivity index (χ4v) is 2.25. The molecule has 24 heavy (non-hydrogen) atoms. The minimum atomic E-state index is -0.602. The summed E-state index contributed by atoms with van der Waals surface area (Å²) >= 11 is 0. The van der Waals surface area contributed by atoms with Crippen LogP contribution in [-0.4, -0.2) is 23.3 Å². The van der Waals surface area contributed by atoms with Gasteiger partial charge in [0.25, 0.3) is 5.91 Å². The van der Waals surface area contributed by atoms with E-state index in [9.17, 15) is 14.4 Å². The second-order valence-electron chi connectivity index (χ2n) is 5.12. The SMILES string of the molecule is O=C(CNC(=O)c1c[nH]c2ccccc2c1=O)NCc1ccco1. The van der Waals surface area contributed by atoms with Gasteiger partial charge in [-0.1, -0.05) is 12.1 Å². The van der Waals surface area contributed by atoms with Crippen LogP contribution in [-0.2, 0) is 11.3 Å². The average Bonchev–Trinajstić information content (AvgIpc) is 3.12. The van der Waals surface area contributed by atoms with Crippen LogP contribution in [0.1, 0.15) is 16.1 Å². The number of pyridine rings is 1. The Labute approximate surface area is 136 Å². The van der Waals surface area contributed by atoms with E-state index >= 15 is 0 Å². The largest absolute Gasteiger partial charge is 0.467 e. The van der Waals surface area contributed by atoms with Crippen LogP contribution < -0.4 is 16.1 Å². The number of rotatable bonds is 5. The van der Waals surface area contributed by atoms with Crippen LogP contribution in [0.5, 0.6) is 0 Å². The molecule has 1 aromatic carbocycles. The molecule has 3 aromatic rings. The fraction of sp³-hybridized carbons (Fsp3) is 0.118. The summed E-state index contributed by atoms with van der Waals surface area (Å²) in [6, 6.07) is 10.4. The van der Waals surface area contributed by atoms with Gasteiger partial charge in [-0.15, -0.1) is 0 Å². The molecule has 0 saturated carbocycles. The maximum Gasteiger partial charge on any atom is 0.257 e. The first-order valence-corrected chi connectivity index (χ1v) is 7.33. The highest BCUT2D eigenvalue weighted by Crippen LogP contribution is 2.06. The van der Waals surface area contributed by atoms with Crippen molar-refractivity contribution in [2.24, 2.45) is 0 Å². The van der Waals surface area contributed by atoms with Crippen LogP contribution in [0.2, 0.25) is 0 Å². The average molecular weight is 325 g/mol. The number of carbonyl (C=O) groups excluding carboxylic acids is 2. The van der Waals surface area contributed by atoms with E-state index in [1.807, 2.05) is 0 Å². The molecular formula is C17H15N3O4. The summed E-state index contributed by atoms with van der Waals surface area (Å²) in [5, 5.41) is 5.46. The molecule has 0 aliphatic carbocycles. The summed E-state index contributed by atoms with van der Waals surface area (Å²) in [7, 11) is 0. The summed E-state index contributed by atoms with van der Waals surface area (Å²) in [6.45, 7) is 0.00404. The van der Waals surface area contributed by atoms with Crippen LogP contribution in [0.15, 0.2) is 58.1 Å². The Balaban J connectivity index is 1.62. The summed E-state index contributed by atoms with van der Waals surface area (Å²) in [4.78, 5) is 39.0. The van der Waals surface area contributed by atoms with Crippen molar-refractivity contribution in [2.45, 2.75) is 6.54 Å². The van der Waals surface area contributed by atoms with Crippen molar-refractivity contribution < 1.29 is 14.0 Å². The number of aromatic nitrogens is 1. The van der Waals surface area contributed by atoms with E-state index in [1.54, 1.807) is 36.4 Å². The predicted octanol–water partition coefficient (Wildman–Crippen LogP) is 1.17. The highest BCUT2D eigenvalue weighted by atomic mass is 16.3. The number of para-hydroxylation sites is 1. The number of furan rings is 1. The van der Waals surface area contributed by atoms with Crippen molar-refractivity contribution in [3.05, 3.63) is 70.4 Å². The molecule has 0 radical (unpaired) electrons. The molecule has 0 aliphatic rings. The molecule has 122 valence electrons. The second-order valence-corrected chi connectivity index (χ2v) is 5.12. The Bertz CT molecular complexity index is 928. The van der Waals surface area contributed by atoms with Gasteiger partial charge in [-0.05, 0) is 24.3 Å². The number of carbonyl (C=O) groups is 2. The molecule has 7 nitrogen and oxygen atoms in total. The maximum atomic E-state index is 12.3. The maximum absolute atomic E-state index is 12.3. The van der Waals surface area contributed by atoms with Gasteiger partial charge < -0.3 is 20.0 Å². The van der Waals surface area contributed by atoms with Gasteiger partial charge in [-0.25, -0.2) is 0 Å². The molecule has 7 heteroatoms. The molecule has 2 heterocycles. The molecule has 0 fully saturated rings. The zero-order valence-electron chi connectivity index (χ0n) is 12.7. The lowest BCUT2D eigenvalue weighted by Gasteiger charge is -2.06. The Morgan fingerprint density at radius 1 is 1.08 bits per heavy atom. The minimum absolute atomic E-state index is 0.0347. The summed E-state index contributed by atoms with van der Waals surface area (Å²) in [6.07, 6.45) is 2.86. The lowest BCUT2D eigenvalue weighted by molar-refractivity contribution is -0.120. The molecule has 0 saturated heterocycles. The van der Waals surface area contributed by atoms with Crippen LogP contribution in [0.4, 0.5) is 0 Å². The first-order valence-electron chi connectivity index (χ1n) is 7.33. The summed E-state index contributed by atoms with van der Waals surface area (Å²) in [5.74, 6) is -0.368. The summed E-state index contributed by atoms with van der Waals surface area (Å²) < 4.78 is 5.09. The van der Waals surface area contributed by atoms with E-state index in [0.29, 0.717) is 16.7 Å². The lowest BCUT2D eigenvalue weighted by atomic mass is 10.1. The van der Waals surface area contributed by atoms with Crippen LogP contribution >= 0.6 is 0 Å². The number of benzene rings is 1. The zero-order chi connectivity index (χ0) is 16.9. The molecule has 0 atom stereocenters. The van der Waals surface area contributed by atoms with Crippen LogP contribution in [0, 0.1) is 0 Å². The van der Waals surface area contributed by atoms with Crippen molar-refractivity contribution in [3.63, 3.8) is 0 Å². The number of nitrogens with one attached hydrogen (secondary N) is 3. The van der Waals surface area contributed by atoms with E-state index in [-0.39, 0.29) is 30.0 Å². The molecule has 2 amide bonds. The highest BCUT2D eigenvalue weighted by Gasteiger charge is 2.13. The molecule has 0 bridgehead atoms. The van der Waals surface area contributed by atoms with Crippen molar-refractivity contribution in [3.8, 4) is 0 Å². The number of hydrogen-bond acceptors (Lipinski definition) is 4. The zero-order valence-corrected chi connectivity index (χ0v) is 12.7. The minimum Gasteiger partial charge on any atom is -0.467 e. The van der Waals surface area contributed by atoms with Gasteiger partial charge in [-0.3, -0.25) is 14.4 Å². The van der Waals surface area contributed by atoms with Crippen molar-refractivity contribution in [1.29, 1.82) is 0 Å². The van der Waals surface area contributed by atoms with Gasteiger partial charge in [0, 0.05) is 17.1 Å². The number of fused-ring (bicyclic) bond motifs is 1. The number of aromatic amines is 1.